The third kappa shape index (κ3) is 2.52. The van der Waals surface area contributed by atoms with Gasteiger partial charge in [-0.3, -0.25) is 0 Å². The lowest BCUT2D eigenvalue weighted by atomic mass is 10.1. The Labute approximate surface area is 91.4 Å². The van der Waals surface area contributed by atoms with E-state index in [0.29, 0.717) is 0 Å². The number of rotatable bonds is 1. The van der Waals surface area contributed by atoms with Gasteiger partial charge in [-0.15, -0.1) is 0 Å². The van der Waals surface area contributed by atoms with Crippen molar-refractivity contribution in [2.45, 2.75) is 34.1 Å². The van der Waals surface area contributed by atoms with Crippen LogP contribution in [0.2, 0.25) is 0 Å². The number of hydrogen-bond acceptors (Lipinski definition) is 2. The largest absolute Gasteiger partial charge is 0.237 e. The van der Waals surface area contributed by atoms with Crippen LogP contribution in [0.25, 0.3) is 11.0 Å². The number of pyridine rings is 2. The molecule has 15 heavy (non-hydrogen) atoms. The molecule has 0 atom stereocenters. The first-order valence-corrected chi connectivity index (χ1v) is 5.52. The first-order chi connectivity index (χ1) is 7.31. The van der Waals surface area contributed by atoms with Crippen molar-refractivity contribution >= 4 is 11.0 Å². The SMILES string of the molecule is CC.CCc1cc2cccnc2nc1C. The minimum Gasteiger partial charge on any atom is -0.237 e. The van der Waals surface area contributed by atoms with Gasteiger partial charge in [0, 0.05) is 17.3 Å². The van der Waals surface area contributed by atoms with Gasteiger partial charge in [0.2, 0.25) is 0 Å². The molecule has 0 saturated carbocycles. The van der Waals surface area contributed by atoms with E-state index >= 15 is 0 Å². The lowest BCUT2D eigenvalue weighted by Gasteiger charge is -2.03. The fourth-order valence-corrected chi connectivity index (χ4v) is 1.50. The Kier molecular flexibility index (Phi) is 4.22. The molecule has 0 aromatic carbocycles. The van der Waals surface area contributed by atoms with Gasteiger partial charge in [-0.1, -0.05) is 20.8 Å². The van der Waals surface area contributed by atoms with E-state index in [1.165, 1.54) is 5.56 Å². The van der Waals surface area contributed by atoms with Crippen molar-refractivity contribution in [2.75, 3.05) is 0 Å². The minimum atomic E-state index is 0.845. The Bertz CT molecular complexity index is 435. The molecule has 0 radical (unpaired) electrons. The van der Waals surface area contributed by atoms with Crippen LogP contribution < -0.4 is 0 Å². The topological polar surface area (TPSA) is 25.8 Å². The van der Waals surface area contributed by atoms with Crippen LogP contribution in [-0.4, -0.2) is 9.97 Å². The smallest absolute Gasteiger partial charge is 0.159 e. The van der Waals surface area contributed by atoms with Crippen molar-refractivity contribution in [3.63, 3.8) is 0 Å². The monoisotopic (exact) mass is 202 g/mol. The van der Waals surface area contributed by atoms with Crippen molar-refractivity contribution in [1.82, 2.24) is 9.97 Å². The average molecular weight is 202 g/mol. The molecule has 0 aliphatic heterocycles. The van der Waals surface area contributed by atoms with E-state index in [2.05, 4.69) is 23.0 Å². The fraction of sp³-hybridized carbons (Fsp3) is 0.385. The molecule has 2 aromatic rings. The van der Waals surface area contributed by atoms with E-state index in [1.54, 1.807) is 6.20 Å². The normalized spacial score (nSPS) is 9.60. The number of fused-ring (bicyclic) bond motifs is 1. The van der Waals surface area contributed by atoms with E-state index in [0.717, 1.165) is 23.1 Å². The van der Waals surface area contributed by atoms with Gasteiger partial charge in [0.25, 0.3) is 0 Å². The third-order valence-corrected chi connectivity index (χ3v) is 2.27. The first-order valence-electron chi connectivity index (χ1n) is 5.52. The van der Waals surface area contributed by atoms with Gasteiger partial charge in [0.15, 0.2) is 5.65 Å². The van der Waals surface area contributed by atoms with E-state index < -0.39 is 0 Å². The van der Waals surface area contributed by atoms with Crippen LogP contribution >= 0.6 is 0 Å². The molecule has 0 aliphatic carbocycles. The zero-order chi connectivity index (χ0) is 11.3. The van der Waals surface area contributed by atoms with E-state index in [-0.39, 0.29) is 0 Å². The van der Waals surface area contributed by atoms with Crippen LogP contribution in [0.3, 0.4) is 0 Å². The maximum absolute atomic E-state index is 4.44. The van der Waals surface area contributed by atoms with Gasteiger partial charge in [0.05, 0.1) is 0 Å². The van der Waals surface area contributed by atoms with Gasteiger partial charge in [-0.25, -0.2) is 9.97 Å². The van der Waals surface area contributed by atoms with Crippen molar-refractivity contribution < 1.29 is 0 Å². The summed E-state index contributed by atoms with van der Waals surface area (Å²) in [6.07, 6.45) is 2.81. The van der Waals surface area contributed by atoms with E-state index in [1.807, 2.05) is 32.9 Å². The Balaban J connectivity index is 0.000000531. The molecule has 0 aliphatic rings. The highest BCUT2D eigenvalue weighted by atomic mass is 14.8. The molecule has 2 aromatic heterocycles. The van der Waals surface area contributed by atoms with Crippen LogP contribution in [-0.2, 0) is 6.42 Å². The lowest BCUT2D eigenvalue weighted by molar-refractivity contribution is 1.06. The van der Waals surface area contributed by atoms with Crippen molar-refractivity contribution in [3.05, 3.63) is 35.7 Å². The van der Waals surface area contributed by atoms with Gasteiger partial charge in [0.1, 0.15) is 0 Å². The standard InChI is InChI=1S/C11H12N2.C2H6/c1-3-9-7-10-5-4-6-12-11(10)13-8(9)2;1-2/h4-7H,3H2,1-2H3;1-2H3. The summed E-state index contributed by atoms with van der Waals surface area (Å²) in [4.78, 5) is 8.64. The van der Waals surface area contributed by atoms with Crippen molar-refractivity contribution in [1.29, 1.82) is 0 Å². The zero-order valence-electron chi connectivity index (χ0n) is 9.91. The number of aryl methyl sites for hydroxylation is 2. The summed E-state index contributed by atoms with van der Waals surface area (Å²) >= 11 is 0. The van der Waals surface area contributed by atoms with Gasteiger partial charge < -0.3 is 0 Å². The summed E-state index contributed by atoms with van der Waals surface area (Å²) in [7, 11) is 0. The predicted molar refractivity (Wildman–Crippen MR) is 65.0 cm³/mol. The maximum Gasteiger partial charge on any atom is 0.159 e. The van der Waals surface area contributed by atoms with Gasteiger partial charge in [-0.2, -0.15) is 0 Å². The third-order valence-electron chi connectivity index (χ3n) is 2.27. The second-order valence-electron chi connectivity index (χ2n) is 3.14. The Morgan fingerprint density at radius 2 is 2.00 bits per heavy atom. The first kappa shape index (κ1) is 11.6. The summed E-state index contributed by atoms with van der Waals surface area (Å²) < 4.78 is 0. The van der Waals surface area contributed by atoms with Gasteiger partial charge in [-0.05, 0) is 37.1 Å². The molecule has 0 bridgehead atoms. The fourth-order valence-electron chi connectivity index (χ4n) is 1.50. The Hall–Kier alpha value is -1.44. The van der Waals surface area contributed by atoms with Gasteiger partial charge >= 0.3 is 0 Å². The molecular formula is C13H18N2. The molecule has 2 rings (SSSR count). The highest BCUT2D eigenvalue weighted by molar-refractivity contribution is 5.75. The molecule has 0 fully saturated rings. The van der Waals surface area contributed by atoms with E-state index in [9.17, 15) is 0 Å². The predicted octanol–water partition coefficient (Wildman–Crippen LogP) is 3.53. The summed E-state index contributed by atoms with van der Waals surface area (Å²) in [5.41, 5.74) is 3.24. The van der Waals surface area contributed by atoms with Crippen LogP contribution in [0.4, 0.5) is 0 Å². The van der Waals surface area contributed by atoms with Crippen LogP contribution in [0.1, 0.15) is 32.0 Å². The molecule has 2 heteroatoms. The highest BCUT2D eigenvalue weighted by Gasteiger charge is 2.00. The lowest BCUT2D eigenvalue weighted by Crippen LogP contribution is -1.93. The number of hydrogen-bond donors (Lipinski definition) is 0. The number of aromatic nitrogens is 2. The quantitative estimate of drug-likeness (QED) is 0.707. The summed E-state index contributed by atoms with van der Waals surface area (Å²) in [6, 6.07) is 6.16. The summed E-state index contributed by atoms with van der Waals surface area (Å²) in [5, 5.41) is 1.13. The maximum atomic E-state index is 4.44. The molecule has 0 unspecified atom stereocenters. The summed E-state index contributed by atoms with van der Waals surface area (Å²) in [5.74, 6) is 0. The van der Waals surface area contributed by atoms with Crippen LogP contribution in [0, 0.1) is 6.92 Å². The minimum absolute atomic E-state index is 0.845. The van der Waals surface area contributed by atoms with Crippen molar-refractivity contribution in [3.8, 4) is 0 Å². The molecule has 0 spiro atoms. The zero-order valence-corrected chi connectivity index (χ0v) is 9.91. The molecule has 2 heterocycles. The molecule has 0 saturated heterocycles. The second-order valence-corrected chi connectivity index (χ2v) is 3.14. The molecule has 0 amide bonds. The van der Waals surface area contributed by atoms with E-state index in [4.69, 9.17) is 0 Å². The molecule has 0 N–H and O–H groups in total. The number of nitrogens with zero attached hydrogens (tertiary/aromatic N) is 2. The molecule has 2 nitrogen and oxygen atoms in total. The average Bonchev–Trinajstić information content (AvgIpc) is 2.31. The summed E-state index contributed by atoms with van der Waals surface area (Å²) in [6.45, 7) is 8.18. The Morgan fingerprint density at radius 1 is 1.27 bits per heavy atom. The molecular weight excluding hydrogens is 184 g/mol. The highest BCUT2D eigenvalue weighted by Crippen LogP contribution is 2.14. The second kappa shape index (κ2) is 5.44. The molecule has 80 valence electrons. The Morgan fingerprint density at radius 3 is 2.67 bits per heavy atom. The van der Waals surface area contributed by atoms with Crippen molar-refractivity contribution in [2.24, 2.45) is 0 Å². The van der Waals surface area contributed by atoms with Crippen LogP contribution in [0.5, 0.6) is 0 Å². The van der Waals surface area contributed by atoms with Crippen LogP contribution in [0.15, 0.2) is 24.4 Å².